The average molecular weight is 359 g/mol. The van der Waals surface area contributed by atoms with Gasteiger partial charge in [0.05, 0.1) is 0 Å². The zero-order chi connectivity index (χ0) is 19.0. The van der Waals surface area contributed by atoms with Gasteiger partial charge in [0, 0.05) is 17.7 Å². The molecular weight excluding hydrogens is 342 g/mol. The van der Waals surface area contributed by atoms with Crippen molar-refractivity contribution in [2.45, 2.75) is 12.6 Å². The van der Waals surface area contributed by atoms with Crippen molar-refractivity contribution < 1.29 is 19.8 Å². The summed E-state index contributed by atoms with van der Waals surface area (Å²) >= 11 is 0. The number of hydrogen-bond donors (Lipinski definition) is 2. The highest BCUT2D eigenvalue weighted by atomic mass is 16.4. The van der Waals surface area contributed by atoms with Crippen molar-refractivity contribution in [1.82, 2.24) is 4.90 Å². The van der Waals surface area contributed by atoms with Crippen LogP contribution in [0, 0.1) is 0 Å². The molecule has 5 nitrogen and oxygen atoms in total. The summed E-state index contributed by atoms with van der Waals surface area (Å²) in [6, 6.07) is 20.1. The normalized spacial score (nSPS) is 14.1. The standard InChI is InChI=1S/C22H17NO4/c24-19-11-10-15(14-6-2-1-3-7-14)12-18(19)20(22(26)27)23-13-16-8-4-5-9-17(16)21(23)25/h1-12,20,24H,13H2,(H,26,27). The number of carbonyl (C=O) groups is 2. The van der Waals surface area contributed by atoms with Gasteiger partial charge in [-0.25, -0.2) is 4.79 Å². The number of aromatic hydroxyl groups is 1. The molecule has 1 aliphatic rings. The number of nitrogens with zero attached hydrogens (tertiary/aromatic N) is 1. The summed E-state index contributed by atoms with van der Waals surface area (Å²) in [5, 5.41) is 20.2. The van der Waals surface area contributed by atoms with Gasteiger partial charge in [-0.3, -0.25) is 4.79 Å². The maximum Gasteiger partial charge on any atom is 0.331 e. The highest BCUT2D eigenvalue weighted by Gasteiger charge is 2.38. The number of phenols is 1. The molecule has 3 aromatic carbocycles. The predicted molar refractivity (Wildman–Crippen MR) is 100 cm³/mol. The van der Waals surface area contributed by atoms with Gasteiger partial charge in [0.15, 0.2) is 6.04 Å². The van der Waals surface area contributed by atoms with Crippen molar-refractivity contribution in [3.8, 4) is 16.9 Å². The molecule has 0 saturated carbocycles. The summed E-state index contributed by atoms with van der Waals surface area (Å²) < 4.78 is 0. The maximum atomic E-state index is 12.8. The van der Waals surface area contributed by atoms with Crippen LogP contribution in [0.25, 0.3) is 11.1 Å². The third kappa shape index (κ3) is 2.93. The molecule has 0 aliphatic carbocycles. The maximum absolute atomic E-state index is 12.8. The van der Waals surface area contributed by atoms with Gasteiger partial charge in [-0.05, 0) is 34.9 Å². The minimum Gasteiger partial charge on any atom is -0.508 e. The first kappa shape index (κ1) is 16.8. The molecule has 1 aliphatic heterocycles. The molecule has 0 bridgehead atoms. The second-order valence-corrected chi connectivity index (χ2v) is 6.47. The summed E-state index contributed by atoms with van der Waals surface area (Å²) in [5.74, 6) is -1.68. The zero-order valence-electron chi connectivity index (χ0n) is 14.4. The predicted octanol–water partition coefficient (Wildman–Crippen LogP) is 3.84. The van der Waals surface area contributed by atoms with E-state index in [1.54, 1.807) is 24.3 Å². The Morgan fingerprint density at radius 3 is 2.33 bits per heavy atom. The number of fused-ring (bicyclic) bond motifs is 1. The fourth-order valence-corrected chi connectivity index (χ4v) is 3.50. The average Bonchev–Trinajstić information content (AvgIpc) is 3.01. The third-order valence-corrected chi connectivity index (χ3v) is 4.82. The Hall–Kier alpha value is -3.60. The van der Waals surface area contributed by atoms with Gasteiger partial charge in [0.25, 0.3) is 5.91 Å². The zero-order valence-corrected chi connectivity index (χ0v) is 14.4. The highest BCUT2D eigenvalue weighted by Crippen LogP contribution is 2.37. The number of carboxylic acid groups (broad SMARTS) is 1. The summed E-state index contributed by atoms with van der Waals surface area (Å²) in [6.45, 7) is 0.195. The van der Waals surface area contributed by atoms with E-state index in [1.165, 1.54) is 11.0 Å². The number of amides is 1. The largest absolute Gasteiger partial charge is 0.508 e. The van der Waals surface area contributed by atoms with Gasteiger partial charge in [-0.2, -0.15) is 0 Å². The van der Waals surface area contributed by atoms with E-state index in [-0.39, 0.29) is 23.8 Å². The summed E-state index contributed by atoms with van der Waals surface area (Å²) in [6.07, 6.45) is 0. The van der Waals surface area contributed by atoms with Crippen LogP contribution in [0.1, 0.15) is 27.5 Å². The number of carboxylic acids is 1. The molecular formula is C22H17NO4. The van der Waals surface area contributed by atoms with Crippen molar-refractivity contribution in [2.75, 3.05) is 0 Å². The number of benzene rings is 3. The molecule has 1 heterocycles. The van der Waals surface area contributed by atoms with Crippen molar-refractivity contribution in [3.63, 3.8) is 0 Å². The van der Waals surface area contributed by atoms with E-state index in [9.17, 15) is 19.8 Å². The molecule has 0 spiro atoms. The van der Waals surface area contributed by atoms with Crippen LogP contribution in [0.15, 0.2) is 72.8 Å². The Bertz CT molecular complexity index is 1030. The van der Waals surface area contributed by atoms with Gasteiger partial charge >= 0.3 is 5.97 Å². The summed E-state index contributed by atoms with van der Waals surface area (Å²) in [4.78, 5) is 26.1. The van der Waals surface area contributed by atoms with Crippen LogP contribution in [0.4, 0.5) is 0 Å². The molecule has 1 unspecified atom stereocenters. The number of aliphatic carboxylic acids is 1. The Morgan fingerprint density at radius 2 is 1.63 bits per heavy atom. The van der Waals surface area contributed by atoms with Crippen LogP contribution in [-0.2, 0) is 11.3 Å². The fraction of sp³-hybridized carbons (Fsp3) is 0.0909. The number of carbonyl (C=O) groups excluding carboxylic acids is 1. The monoisotopic (exact) mass is 359 g/mol. The lowest BCUT2D eigenvalue weighted by molar-refractivity contribution is -0.142. The molecule has 27 heavy (non-hydrogen) atoms. The Kier molecular flexibility index (Phi) is 4.12. The van der Waals surface area contributed by atoms with Gasteiger partial charge in [-0.1, -0.05) is 54.6 Å². The van der Waals surface area contributed by atoms with E-state index in [0.717, 1.165) is 16.7 Å². The molecule has 0 fully saturated rings. The minimum absolute atomic E-state index is 0.147. The Morgan fingerprint density at radius 1 is 0.926 bits per heavy atom. The third-order valence-electron chi connectivity index (χ3n) is 4.82. The van der Waals surface area contributed by atoms with E-state index >= 15 is 0 Å². The molecule has 1 atom stereocenters. The van der Waals surface area contributed by atoms with Crippen molar-refractivity contribution in [1.29, 1.82) is 0 Å². The van der Waals surface area contributed by atoms with Gasteiger partial charge in [-0.15, -0.1) is 0 Å². The van der Waals surface area contributed by atoms with E-state index in [0.29, 0.717) is 5.56 Å². The molecule has 0 aromatic heterocycles. The van der Waals surface area contributed by atoms with Gasteiger partial charge in [0.2, 0.25) is 0 Å². The van der Waals surface area contributed by atoms with Crippen LogP contribution in [-0.4, -0.2) is 27.0 Å². The van der Waals surface area contributed by atoms with E-state index in [4.69, 9.17) is 0 Å². The molecule has 5 heteroatoms. The quantitative estimate of drug-likeness (QED) is 0.742. The molecule has 2 N–H and O–H groups in total. The lowest BCUT2D eigenvalue weighted by Crippen LogP contribution is -2.34. The van der Waals surface area contributed by atoms with Crippen LogP contribution >= 0.6 is 0 Å². The topological polar surface area (TPSA) is 77.8 Å². The minimum atomic E-state index is -1.27. The highest BCUT2D eigenvalue weighted by molar-refractivity contribution is 6.00. The first-order valence-electron chi connectivity index (χ1n) is 8.56. The molecule has 0 radical (unpaired) electrons. The first-order valence-corrected chi connectivity index (χ1v) is 8.56. The lowest BCUT2D eigenvalue weighted by atomic mass is 9.97. The van der Waals surface area contributed by atoms with Crippen molar-refractivity contribution in [2.24, 2.45) is 0 Å². The number of rotatable bonds is 4. The molecule has 1 amide bonds. The van der Waals surface area contributed by atoms with Crippen LogP contribution in [0.3, 0.4) is 0 Å². The molecule has 0 saturated heterocycles. The second-order valence-electron chi connectivity index (χ2n) is 6.47. The molecule has 3 aromatic rings. The summed E-state index contributed by atoms with van der Waals surface area (Å²) in [7, 11) is 0. The lowest BCUT2D eigenvalue weighted by Gasteiger charge is -2.25. The second kappa shape index (κ2) is 6.61. The van der Waals surface area contributed by atoms with E-state index in [2.05, 4.69) is 0 Å². The van der Waals surface area contributed by atoms with Gasteiger partial charge in [0.1, 0.15) is 5.75 Å². The number of phenolic OH excluding ortho intramolecular Hbond substituents is 1. The smallest absolute Gasteiger partial charge is 0.331 e. The number of hydrogen-bond acceptors (Lipinski definition) is 3. The SMILES string of the molecule is O=C(O)C(c1cc(-c2ccccc2)ccc1O)N1Cc2ccccc2C1=O. The van der Waals surface area contributed by atoms with Crippen LogP contribution in [0.5, 0.6) is 5.75 Å². The fourth-order valence-electron chi connectivity index (χ4n) is 3.50. The van der Waals surface area contributed by atoms with Crippen molar-refractivity contribution >= 4 is 11.9 Å². The Labute approximate surface area is 156 Å². The van der Waals surface area contributed by atoms with Crippen molar-refractivity contribution in [3.05, 3.63) is 89.5 Å². The van der Waals surface area contributed by atoms with Crippen LogP contribution in [0.2, 0.25) is 0 Å². The van der Waals surface area contributed by atoms with E-state index in [1.807, 2.05) is 42.5 Å². The van der Waals surface area contributed by atoms with Crippen LogP contribution < -0.4 is 0 Å². The summed E-state index contributed by atoms with van der Waals surface area (Å²) in [5.41, 5.74) is 3.16. The van der Waals surface area contributed by atoms with Gasteiger partial charge < -0.3 is 15.1 Å². The molecule has 4 rings (SSSR count). The first-order chi connectivity index (χ1) is 13.1. The molecule has 134 valence electrons. The Balaban J connectivity index is 1.78. The van der Waals surface area contributed by atoms with E-state index < -0.39 is 12.0 Å².